The van der Waals surface area contributed by atoms with Crippen molar-refractivity contribution in [3.8, 4) is 11.5 Å². The van der Waals surface area contributed by atoms with E-state index in [0.29, 0.717) is 45.8 Å². The van der Waals surface area contributed by atoms with Crippen molar-refractivity contribution in [1.29, 1.82) is 0 Å². The van der Waals surface area contributed by atoms with Gasteiger partial charge in [0.2, 0.25) is 0 Å². The second kappa shape index (κ2) is 20.9. The number of hydrogen-bond acceptors (Lipinski definition) is 16. The fourth-order valence-electron chi connectivity index (χ4n) is 13.6. The molecule has 3 unspecified atom stereocenters. The fourth-order valence-corrected chi connectivity index (χ4v) is 13.6. The molecular weight excluding hydrogens is 1000 g/mol. The minimum absolute atomic E-state index is 0.0375. The van der Waals surface area contributed by atoms with Crippen LogP contribution in [0.15, 0.2) is 120 Å². The topological polar surface area (TPSA) is 201 Å². The molecule has 6 aliphatic rings. The summed E-state index contributed by atoms with van der Waals surface area (Å²) < 4.78 is 65.0. The Kier molecular flexibility index (Phi) is 14.6. The van der Waals surface area contributed by atoms with Crippen molar-refractivity contribution in [1.82, 2.24) is 4.90 Å². The van der Waals surface area contributed by atoms with E-state index in [-0.39, 0.29) is 36.8 Å². The number of amides is 1. The lowest BCUT2D eigenvalue weighted by atomic mass is 9.44. The number of aliphatic hydroxyl groups is 1. The molecule has 78 heavy (non-hydrogen) atoms. The summed E-state index contributed by atoms with van der Waals surface area (Å²) in [6, 6.07) is 30.5. The molecule has 0 radical (unpaired) electrons. The van der Waals surface area contributed by atoms with Gasteiger partial charge in [0.1, 0.15) is 41.5 Å². The van der Waals surface area contributed by atoms with Gasteiger partial charge >= 0.3 is 23.9 Å². The molecule has 4 aromatic rings. The number of carbonyl (C=O) groups excluding carboxylic acids is 5. The molecule has 414 valence electrons. The molecule has 1 N–H and O–H groups in total. The van der Waals surface area contributed by atoms with Gasteiger partial charge in [-0.05, 0) is 78.9 Å². The Morgan fingerprint density at radius 2 is 1.33 bits per heavy atom. The standard InChI is InChI=1S/C61H69NO16/c1-33(2)29-43-48(75-54(38-21-25-41(69-9)26-22-38)62(43)53(65)37-17-13-11-14-18-37)56(67)73-44-31-61(68)52(76-55(66)39-19-15-12-16-20-39)50-59(8)45(30-46-60(50,32-71-46)78-36(5)64)74-57(40-23-27-42(70-10)28-24-40)77-51(59)49(72-35(4)63)47(34(44)3)58(61,6)7/h11-28,33,43-46,48-52,54,57,68H,29-32H2,1-10H3/t43-,44-,45-,46+,48?,49-,50-,51-,52-,54?,57?,59+,60-,61+/m0/s1. The molecule has 3 aliphatic heterocycles. The molecule has 4 aromatic carbocycles. The number of ether oxygens (including phenoxy) is 10. The minimum Gasteiger partial charge on any atom is -0.497 e. The van der Waals surface area contributed by atoms with Crippen LogP contribution in [0.25, 0.3) is 0 Å². The number of methoxy groups -OCH3 is 2. The summed E-state index contributed by atoms with van der Waals surface area (Å²) in [5, 5.41) is 14.4. The van der Waals surface area contributed by atoms with Crippen molar-refractivity contribution in [2.45, 2.75) is 147 Å². The molecule has 0 aromatic heterocycles. The van der Waals surface area contributed by atoms with E-state index in [0.717, 1.165) is 0 Å². The molecule has 0 spiro atoms. The van der Waals surface area contributed by atoms with Crippen LogP contribution in [-0.4, -0.2) is 121 Å². The first-order valence-corrected chi connectivity index (χ1v) is 26.7. The van der Waals surface area contributed by atoms with Gasteiger partial charge in [0.25, 0.3) is 5.91 Å². The predicted molar refractivity (Wildman–Crippen MR) is 280 cm³/mol. The van der Waals surface area contributed by atoms with Gasteiger partial charge in [0.15, 0.2) is 30.3 Å². The Labute approximate surface area is 454 Å². The third kappa shape index (κ3) is 9.14. The predicted octanol–water partition coefficient (Wildman–Crippen LogP) is 8.43. The molecule has 10 rings (SSSR count). The summed E-state index contributed by atoms with van der Waals surface area (Å²) in [6.45, 7) is 13.6. The first-order valence-electron chi connectivity index (χ1n) is 26.7. The second-order valence-electron chi connectivity index (χ2n) is 22.7. The average molecular weight is 1070 g/mol. The maximum absolute atomic E-state index is 15.5. The Balaban J connectivity index is 1.15. The van der Waals surface area contributed by atoms with Crippen molar-refractivity contribution in [3.63, 3.8) is 0 Å². The first kappa shape index (κ1) is 54.7. The summed E-state index contributed by atoms with van der Waals surface area (Å²) in [6.07, 6.45) is -10.5. The average Bonchev–Trinajstić information content (AvgIpc) is 2.44. The van der Waals surface area contributed by atoms with E-state index in [4.69, 9.17) is 47.4 Å². The Hall–Kier alpha value is -6.63. The quantitative estimate of drug-likeness (QED) is 0.0759. The number of esters is 4. The lowest BCUT2D eigenvalue weighted by Gasteiger charge is -2.71. The highest BCUT2D eigenvalue weighted by Crippen LogP contribution is 2.68. The third-order valence-corrected chi connectivity index (χ3v) is 17.4. The van der Waals surface area contributed by atoms with Crippen LogP contribution in [0.3, 0.4) is 0 Å². The SMILES string of the molecule is COc1ccc(C2O[C@H]3C[C@H]4OC[C@@]4(OC(C)=O)[C@H]4[C@H](OC(=O)c5ccccc5)[C@]5(O)C[C@H](OC(=O)C6OC(c7ccc(OC)cc7)N(C(=O)c7ccccc7)[C@H]6CC(C)C)C(C)=C([C@H](OC(C)=O)[C@H](O2)[C@]34C)C5(C)C)cc1. The zero-order valence-electron chi connectivity index (χ0n) is 45.7. The van der Waals surface area contributed by atoms with Crippen LogP contribution in [-0.2, 0) is 52.3 Å². The highest BCUT2D eigenvalue weighted by Gasteiger charge is 2.80. The van der Waals surface area contributed by atoms with Crippen LogP contribution < -0.4 is 9.47 Å². The number of hydrogen-bond donors (Lipinski definition) is 1. The highest BCUT2D eigenvalue weighted by molar-refractivity contribution is 5.95. The maximum atomic E-state index is 15.5. The monoisotopic (exact) mass is 1070 g/mol. The van der Waals surface area contributed by atoms with Gasteiger partial charge in [-0.25, -0.2) is 9.59 Å². The number of nitrogens with zero attached hydrogens (tertiary/aromatic N) is 1. The van der Waals surface area contributed by atoms with E-state index in [9.17, 15) is 24.3 Å². The minimum atomic E-state index is -2.24. The lowest BCUT2D eigenvalue weighted by Crippen LogP contribution is -2.83. The van der Waals surface area contributed by atoms with Crippen LogP contribution in [0.1, 0.15) is 119 Å². The van der Waals surface area contributed by atoms with Crippen LogP contribution in [0, 0.1) is 22.7 Å². The molecule has 17 heteroatoms. The van der Waals surface area contributed by atoms with Gasteiger partial charge in [-0.2, -0.15) is 0 Å². The Morgan fingerprint density at radius 1 is 0.731 bits per heavy atom. The van der Waals surface area contributed by atoms with E-state index in [2.05, 4.69) is 0 Å². The maximum Gasteiger partial charge on any atom is 0.338 e. The molecule has 3 aliphatic carbocycles. The third-order valence-electron chi connectivity index (χ3n) is 17.4. The smallest absolute Gasteiger partial charge is 0.338 e. The van der Waals surface area contributed by atoms with Crippen molar-refractivity contribution in [3.05, 3.63) is 143 Å². The van der Waals surface area contributed by atoms with Gasteiger partial charge in [-0.1, -0.05) is 95.3 Å². The highest BCUT2D eigenvalue weighted by atomic mass is 16.7. The fraction of sp³-hybridized carbons (Fsp3) is 0.492. The molecule has 2 saturated carbocycles. The summed E-state index contributed by atoms with van der Waals surface area (Å²) in [5.41, 5.74) is -4.23. The Bertz CT molecular complexity index is 2950. The molecule has 1 amide bonds. The number of carbonyl (C=O) groups is 5. The zero-order valence-corrected chi connectivity index (χ0v) is 45.7. The molecule has 14 atom stereocenters. The molecule has 2 bridgehead atoms. The van der Waals surface area contributed by atoms with Gasteiger partial charge in [0, 0.05) is 54.2 Å². The number of rotatable bonds is 13. The van der Waals surface area contributed by atoms with E-state index >= 15 is 4.79 Å². The van der Waals surface area contributed by atoms with Crippen molar-refractivity contribution in [2.75, 3.05) is 20.8 Å². The van der Waals surface area contributed by atoms with Crippen LogP contribution >= 0.6 is 0 Å². The van der Waals surface area contributed by atoms with E-state index < -0.39 is 113 Å². The number of fused-ring (bicyclic) bond motifs is 4. The zero-order chi connectivity index (χ0) is 55.6. The molecule has 3 heterocycles. The van der Waals surface area contributed by atoms with Gasteiger partial charge < -0.3 is 57.4 Å². The second-order valence-corrected chi connectivity index (χ2v) is 22.7. The van der Waals surface area contributed by atoms with Crippen molar-refractivity contribution >= 4 is 29.8 Å². The van der Waals surface area contributed by atoms with E-state index in [1.807, 2.05) is 26.8 Å². The van der Waals surface area contributed by atoms with Gasteiger partial charge in [-0.15, -0.1) is 0 Å². The molecule has 3 saturated heterocycles. The van der Waals surface area contributed by atoms with E-state index in [1.165, 1.54) is 13.8 Å². The van der Waals surface area contributed by atoms with Gasteiger partial charge in [0.05, 0.1) is 44.5 Å². The summed E-state index contributed by atoms with van der Waals surface area (Å²) in [7, 11) is 3.11. The first-order chi connectivity index (χ1) is 37.2. The summed E-state index contributed by atoms with van der Waals surface area (Å²) >= 11 is 0. The molecular formula is C61H69NO16. The van der Waals surface area contributed by atoms with Gasteiger partial charge in [-0.3, -0.25) is 14.4 Å². The van der Waals surface area contributed by atoms with E-state index in [1.54, 1.807) is 143 Å². The lowest BCUT2D eigenvalue weighted by molar-refractivity contribution is -0.413. The summed E-state index contributed by atoms with van der Waals surface area (Å²) in [5.74, 6) is -3.40. The van der Waals surface area contributed by atoms with Crippen LogP contribution in [0.5, 0.6) is 11.5 Å². The number of benzene rings is 4. The van der Waals surface area contributed by atoms with Crippen molar-refractivity contribution < 1.29 is 76.4 Å². The Morgan fingerprint density at radius 3 is 1.88 bits per heavy atom. The largest absolute Gasteiger partial charge is 0.497 e. The molecule has 5 fully saturated rings. The van der Waals surface area contributed by atoms with Crippen LogP contribution in [0.4, 0.5) is 0 Å². The van der Waals surface area contributed by atoms with Crippen molar-refractivity contribution in [2.24, 2.45) is 22.7 Å². The normalized spacial score (nSPS) is 33.4. The summed E-state index contributed by atoms with van der Waals surface area (Å²) in [4.78, 5) is 74.3. The van der Waals surface area contributed by atoms with Crippen LogP contribution in [0.2, 0.25) is 0 Å². The molecule has 17 nitrogen and oxygen atoms in total.